The monoisotopic (exact) mass is 344 g/mol. The fraction of sp³-hybridized carbons (Fsp3) is 0.357. The van der Waals surface area contributed by atoms with Crippen LogP contribution in [0.2, 0.25) is 0 Å². The normalized spacial score (nSPS) is 15.0. The van der Waals surface area contributed by atoms with Crippen molar-refractivity contribution in [3.8, 4) is 6.07 Å². The van der Waals surface area contributed by atoms with Gasteiger partial charge in [0, 0.05) is 38.8 Å². The van der Waals surface area contributed by atoms with E-state index in [1.165, 1.54) is 23.9 Å². The minimum Gasteiger partial charge on any atom is -0.351 e. The van der Waals surface area contributed by atoms with Crippen LogP contribution in [0.5, 0.6) is 0 Å². The molecule has 1 saturated heterocycles. The van der Waals surface area contributed by atoms with Crippen molar-refractivity contribution in [2.75, 3.05) is 31.5 Å². The Morgan fingerprint density at radius 3 is 2.79 bits per heavy atom. The van der Waals surface area contributed by atoms with E-state index in [-0.39, 0.29) is 6.03 Å². The Labute approximate surface area is 142 Å². The number of nitrogens with two attached hydrogens (primary N) is 1. The molecule has 0 aromatic carbocycles. The zero-order valence-corrected chi connectivity index (χ0v) is 13.7. The number of carbonyl (C=O) groups is 1. The van der Waals surface area contributed by atoms with Crippen LogP contribution in [0.3, 0.4) is 0 Å². The van der Waals surface area contributed by atoms with Gasteiger partial charge >= 0.3 is 6.03 Å². The second-order valence-corrected chi connectivity index (χ2v) is 6.29. The number of nitrogens with zero attached hydrogens (tertiary/aromatic N) is 6. The van der Waals surface area contributed by atoms with E-state index in [0.717, 1.165) is 18.8 Å². The summed E-state index contributed by atoms with van der Waals surface area (Å²) in [6, 6.07) is 3.53. The summed E-state index contributed by atoms with van der Waals surface area (Å²) in [5.41, 5.74) is 6.16. The number of carbonyl (C=O) groups excluding carboxylic acids is 1. The van der Waals surface area contributed by atoms with E-state index >= 15 is 0 Å². The first-order valence-corrected chi connectivity index (χ1v) is 8.16. The minimum absolute atomic E-state index is 0.372. The molecule has 9 nitrogen and oxygen atoms in total. The highest BCUT2D eigenvalue weighted by Gasteiger charge is 2.19. The van der Waals surface area contributed by atoms with E-state index in [2.05, 4.69) is 25.2 Å². The fourth-order valence-corrected chi connectivity index (χ4v) is 3.02. The van der Waals surface area contributed by atoms with Gasteiger partial charge in [0.05, 0.1) is 11.9 Å². The van der Waals surface area contributed by atoms with Gasteiger partial charge in [-0.3, -0.25) is 4.90 Å². The van der Waals surface area contributed by atoms with Crippen molar-refractivity contribution < 1.29 is 4.79 Å². The highest BCUT2D eigenvalue weighted by Crippen LogP contribution is 2.21. The van der Waals surface area contributed by atoms with E-state index in [9.17, 15) is 4.79 Å². The van der Waals surface area contributed by atoms with Gasteiger partial charge in [-0.25, -0.2) is 19.7 Å². The van der Waals surface area contributed by atoms with Gasteiger partial charge in [0.25, 0.3) is 0 Å². The summed E-state index contributed by atoms with van der Waals surface area (Å²) in [4.78, 5) is 28.1. The quantitative estimate of drug-likeness (QED) is 0.838. The van der Waals surface area contributed by atoms with Gasteiger partial charge in [-0.05, 0) is 0 Å². The molecular formula is C14H16N8OS. The summed E-state index contributed by atoms with van der Waals surface area (Å²) in [5, 5.41) is 12.5. The SMILES string of the molecule is N#Cc1cnc(Nc2cc(CN3CCN(C(N)=O)CC3)ncn2)s1. The molecule has 2 aromatic rings. The summed E-state index contributed by atoms with van der Waals surface area (Å²) in [5.74, 6) is 0.634. The molecule has 0 saturated carbocycles. The van der Waals surface area contributed by atoms with Gasteiger partial charge in [0.1, 0.15) is 23.1 Å². The molecule has 0 radical (unpaired) electrons. The molecule has 24 heavy (non-hydrogen) atoms. The van der Waals surface area contributed by atoms with E-state index in [0.29, 0.717) is 35.5 Å². The molecule has 0 atom stereocenters. The standard InChI is InChI=1S/C14H16N8OS/c15-6-11-7-17-14(24-11)20-12-5-10(18-9-19-12)8-21-1-3-22(4-2-21)13(16)23/h5,7,9H,1-4,8H2,(H2,16,23)(H,17,18,19,20). The van der Waals surface area contributed by atoms with Crippen LogP contribution in [0.15, 0.2) is 18.6 Å². The minimum atomic E-state index is -0.372. The van der Waals surface area contributed by atoms with Crippen LogP contribution in [0.4, 0.5) is 15.7 Å². The van der Waals surface area contributed by atoms with Crippen molar-refractivity contribution in [1.29, 1.82) is 5.26 Å². The Morgan fingerprint density at radius 2 is 2.12 bits per heavy atom. The number of hydrogen-bond acceptors (Lipinski definition) is 8. The maximum atomic E-state index is 11.1. The fourth-order valence-electron chi connectivity index (χ4n) is 2.40. The Bertz CT molecular complexity index is 762. The molecule has 0 spiro atoms. The maximum Gasteiger partial charge on any atom is 0.314 e. The Balaban J connectivity index is 1.59. The van der Waals surface area contributed by atoms with Gasteiger partial charge in [-0.1, -0.05) is 11.3 Å². The van der Waals surface area contributed by atoms with Gasteiger partial charge in [-0.2, -0.15) is 5.26 Å². The molecule has 1 aliphatic rings. The van der Waals surface area contributed by atoms with E-state index < -0.39 is 0 Å². The molecule has 2 aromatic heterocycles. The molecule has 1 aliphatic heterocycles. The van der Waals surface area contributed by atoms with Gasteiger partial charge in [-0.15, -0.1) is 0 Å². The molecule has 124 valence electrons. The molecule has 0 bridgehead atoms. The highest BCUT2D eigenvalue weighted by atomic mass is 32.1. The molecule has 3 N–H and O–H groups in total. The first kappa shape index (κ1) is 16.1. The van der Waals surface area contributed by atoms with Crippen molar-refractivity contribution in [1.82, 2.24) is 24.8 Å². The number of piperazine rings is 1. The third-order valence-corrected chi connectivity index (χ3v) is 4.46. The largest absolute Gasteiger partial charge is 0.351 e. The van der Waals surface area contributed by atoms with Crippen LogP contribution in [-0.2, 0) is 6.54 Å². The van der Waals surface area contributed by atoms with Crippen molar-refractivity contribution in [3.05, 3.63) is 29.2 Å². The highest BCUT2D eigenvalue weighted by molar-refractivity contribution is 7.16. The van der Waals surface area contributed by atoms with Crippen LogP contribution < -0.4 is 11.1 Å². The smallest absolute Gasteiger partial charge is 0.314 e. The first-order chi connectivity index (χ1) is 11.6. The number of hydrogen-bond donors (Lipinski definition) is 2. The second kappa shape index (κ2) is 7.20. The molecule has 3 heterocycles. The molecule has 0 aliphatic carbocycles. The molecule has 0 unspecified atom stereocenters. The number of amides is 2. The summed E-state index contributed by atoms with van der Waals surface area (Å²) in [6.07, 6.45) is 3.02. The summed E-state index contributed by atoms with van der Waals surface area (Å²) >= 11 is 1.27. The summed E-state index contributed by atoms with van der Waals surface area (Å²) < 4.78 is 0. The van der Waals surface area contributed by atoms with Gasteiger partial charge < -0.3 is 16.0 Å². The van der Waals surface area contributed by atoms with Crippen LogP contribution in [-0.4, -0.2) is 57.0 Å². The molecule has 3 rings (SSSR count). The number of nitrogens with one attached hydrogen (secondary N) is 1. The van der Waals surface area contributed by atoms with Crippen molar-refractivity contribution >= 4 is 28.3 Å². The predicted molar refractivity (Wildman–Crippen MR) is 88.6 cm³/mol. The second-order valence-electron chi connectivity index (χ2n) is 5.26. The zero-order valence-electron chi connectivity index (χ0n) is 12.8. The average molecular weight is 344 g/mol. The van der Waals surface area contributed by atoms with Gasteiger partial charge in [0.2, 0.25) is 0 Å². The topological polar surface area (TPSA) is 124 Å². The zero-order chi connectivity index (χ0) is 16.9. The molecule has 10 heteroatoms. The number of urea groups is 1. The van der Waals surface area contributed by atoms with Crippen molar-refractivity contribution in [2.24, 2.45) is 5.73 Å². The van der Waals surface area contributed by atoms with E-state index in [1.54, 1.807) is 4.90 Å². The number of primary amides is 1. The van der Waals surface area contributed by atoms with Crippen LogP contribution in [0.25, 0.3) is 0 Å². The van der Waals surface area contributed by atoms with Crippen LogP contribution >= 0.6 is 11.3 Å². The lowest BCUT2D eigenvalue weighted by atomic mass is 10.3. The number of rotatable bonds is 4. The predicted octanol–water partition coefficient (Wildman–Crippen LogP) is 0.745. The summed E-state index contributed by atoms with van der Waals surface area (Å²) in [6.45, 7) is 3.44. The lowest BCUT2D eigenvalue weighted by molar-refractivity contribution is 0.139. The lowest BCUT2D eigenvalue weighted by Gasteiger charge is -2.33. The van der Waals surface area contributed by atoms with Gasteiger partial charge in [0.15, 0.2) is 5.13 Å². The Hall–Kier alpha value is -2.77. The van der Waals surface area contributed by atoms with E-state index in [4.69, 9.17) is 11.0 Å². The number of thiazole rings is 1. The number of anilines is 2. The average Bonchev–Trinajstić information content (AvgIpc) is 3.03. The van der Waals surface area contributed by atoms with E-state index in [1.807, 2.05) is 12.1 Å². The third kappa shape index (κ3) is 3.95. The maximum absolute atomic E-state index is 11.1. The Kier molecular flexibility index (Phi) is 4.83. The van der Waals surface area contributed by atoms with Crippen LogP contribution in [0, 0.1) is 11.3 Å². The molecule has 2 amide bonds. The van der Waals surface area contributed by atoms with Crippen LogP contribution in [0.1, 0.15) is 10.6 Å². The molecule has 1 fully saturated rings. The molecular weight excluding hydrogens is 328 g/mol. The number of aromatic nitrogens is 3. The number of nitriles is 1. The lowest BCUT2D eigenvalue weighted by Crippen LogP contribution is -2.50. The van der Waals surface area contributed by atoms with Crippen molar-refractivity contribution in [3.63, 3.8) is 0 Å². The Morgan fingerprint density at radius 1 is 1.33 bits per heavy atom. The first-order valence-electron chi connectivity index (χ1n) is 7.34. The summed E-state index contributed by atoms with van der Waals surface area (Å²) in [7, 11) is 0. The third-order valence-electron chi connectivity index (χ3n) is 3.64. The van der Waals surface area contributed by atoms with Crippen molar-refractivity contribution in [2.45, 2.75) is 6.54 Å².